The maximum atomic E-state index is 12.5. The normalized spacial score (nSPS) is 25.7. The molecule has 0 aromatic heterocycles. The summed E-state index contributed by atoms with van der Waals surface area (Å²) < 4.78 is 0. The van der Waals surface area contributed by atoms with E-state index in [0.29, 0.717) is 12.1 Å². The van der Waals surface area contributed by atoms with E-state index in [9.17, 15) is 4.79 Å². The maximum absolute atomic E-state index is 12.5. The quantitative estimate of drug-likeness (QED) is 0.854. The fourth-order valence-electron chi connectivity index (χ4n) is 4.06. The van der Waals surface area contributed by atoms with Gasteiger partial charge < -0.3 is 15.5 Å². The summed E-state index contributed by atoms with van der Waals surface area (Å²) in [5.41, 5.74) is 3.41. The van der Waals surface area contributed by atoms with Crippen molar-refractivity contribution in [1.82, 2.24) is 15.5 Å². The standard InChI is InChI=1S/C17H23N3O.2ClH/c21-17(12-3-4-13-10-18-11-14(13)8-12)19-15-5-7-20-6-1-2-16(20)9-15;;/h3-4,8,15-16,18H,1-2,5-7,9-11H2,(H,19,21);2*1H. The molecule has 1 aromatic rings. The average molecular weight is 358 g/mol. The minimum atomic E-state index is 0. The van der Waals surface area contributed by atoms with Gasteiger partial charge in [-0.25, -0.2) is 0 Å². The number of carbonyl (C=O) groups excluding carboxylic acids is 1. The first-order valence-corrected chi connectivity index (χ1v) is 8.17. The number of hydrogen-bond acceptors (Lipinski definition) is 3. The van der Waals surface area contributed by atoms with Crippen LogP contribution in [0.3, 0.4) is 0 Å². The fourth-order valence-corrected chi connectivity index (χ4v) is 4.06. The number of fused-ring (bicyclic) bond motifs is 2. The molecule has 0 radical (unpaired) electrons. The summed E-state index contributed by atoms with van der Waals surface area (Å²) in [6.07, 6.45) is 4.84. The number of piperidine rings is 1. The van der Waals surface area contributed by atoms with Crippen LogP contribution >= 0.6 is 24.8 Å². The van der Waals surface area contributed by atoms with E-state index >= 15 is 0 Å². The SMILES string of the molecule is Cl.Cl.O=C(NC1CCN2CCCC2C1)c1ccc2c(c1)CNC2. The summed E-state index contributed by atoms with van der Waals surface area (Å²) in [5, 5.41) is 6.58. The Hall–Kier alpha value is -0.810. The molecule has 6 heteroatoms. The van der Waals surface area contributed by atoms with Crippen LogP contribution in [0.15, 0.2) is 18.2 Å². The van der Waals surface area contributed by atoms with E-state index in [-0.39, 0.29) is 30.7 Å². The van der Waals surface area contributed by atoms with Gasteiger partial charge in [0.15, 0.2) is 0 Å². The van der Waals surface area contributed by atoms with Crippen molar-refractivity contribution < 1.29 is 4.79 Å². The number of halogens is 2. The molecule has 1 aromatic carbocycles. The van der Waals surface area contributed by atoms with E-state index in [1.807, 2.05) is 6.07 Å². The predicted molar refractivity (Wildman–Crippen MR) is 96.6 cm³/mol. The second-order valence-corrected chi connectivity index (χ2v) is 6.61. The summed E-state index contributed by atoms with van der Waals surface area (Å²) >= 11 is 0. The lowest BCUT2D eigenvalue weighted by atomic mass is 9.97. The highest BCUT2D eigenvalue weighted by molar-refractivity contribution is 5.94. The predicted octanol–water partition coefficient (Wildman–Crippen LogP) is 2.49. The van der Waals surface area contributed by atoms with E-state index in [4.69, 9.17) is 0 Å². The summed E-state index contributed by atoms with van der Waals surface area (Å²) in [6, 6.07) is 7.15. The third-order valence-electron chi connectivity index (χ3n) is 5.26. The molecule has 4 rings (SSSR count). The van der Waals surface area contributed by atoms with E-state index in [1.54, 1.807) is 0 Å². The van der Waals surface area contributed by atoms with Crippen molar-refractivity contribution in [3.63, 3.8) is 0 Å². The minimum Gasteiger partial charge on any atom is -0.349 e. The van der Waals surface area contributed by atoms with Gasteiger partial charge in [-0.15, -0.1) is 24.8 Å². The number of nitrogens with one attached hydrogen (secondary N) is 2. The molecule has 1 amide bonds. The van der Waals surface area contributed by atoms with E-state index in [0.717, 1.165) is 38.0 Å². The van der Waals surface area contributed by atoms with Crippen molar-refractivity contribution in [2.24, 2.45) is 0 Å². The molecule has 4 nitrogen and oxygen atoms in total. The van der Waals surface area contributed by atoms with Crippen LogP contribution in [0, 0.1) is 0 Å². The van der Waals surface area contributed by atoms with E-state index < -0.39 is 0 Å². The highest BCUT2D eigenvalue weighted by Crippen LogP contribution is 2.27. The zero-order chi connectivity index (χ0) is 14.2. The lowest BCUT2D eigenvalue weighted by molar-refractivity contribution is 0.0896. The average Bonchev–Trinajstić information content (AvgIpc) is 3.14. The number of nitrogens with zero attached hydrogens (tertiary/aromatic N) is 1. The van der Waals surface area contributed by atoms with E-state index in [2.05, 4.69) is 27.7 Å². The molecule has 0 bridgehead atoms. The van der Waals surface area contributed by atoms with Gasteiger partial charge in [-0.3, -0.25) is 4.79 Å². The first kappa shape index (κ1) is 18.5. The van der Waals surface area contributed by atoms with Crippen molar-refractivity contribution in [2.75, 3.05) is 13.1 Å². The monoisotopic (exact) mass is 357 g/mol. The van der Waals surface area contributed by atoms with Crippen LogP contribution in [-0.2, 0) is 13.1 Å². The molecule has 2 saturated heterocycles. The van der Waals surface area contributed by atoms with Crippen molar-refractivity contribution >= 4 is 30.7 Å². The van der Waals surface area contributed by atoms with Gasteiger partial charge in [-0.1, -0.05) is 6.07 Å². The van der Waals surface area contributed by atoms with Crippen molar-refractivity contribution in [3.8, 4) is 0 Å². The van der Waals surface area contributed by atoms with Gasteiger partial charge in [0.1, 0.15) is 0 Å². The second kappa shape index (κ2) is 7.84. The van der Waals surface area contributed by atoms with Crippen LogP contribution in [0.4, 0.5) is 0 Å². The molecule has 2 N–H and O–H groups in total. The zero-order valence-electron chi connectivity index (χ0n) is 13.2. The number of carbonyl (C=O) groups is 1. The van der Waals surface area contributed by atoms with Gasteiger partial charge in [0, 0.05) is 37.3 Å². The molecule has 0 aliphatic carbocycles. The van der Waals surface area contributed by atoms with E-state index in [1.165, 1.54) is 30.5 Å². The maximum Gasteiger partial charge on any atom is 0.251 e. The summed E-state index contributed by atoms with van der Waals surface area (Å²) in [6.45, 7) is 4.21. The third-order valence-corrected chi connectivity index (χ3v) is 5.26. The van der Waals surface area contributed by atoms with Crippen LogP contribution in [0.5, 0.6) is 0 Å². The molecule has 2 atom stereocenters. The number of benzene rings is 1. The Labute approximate surface area is 150 Å². The molecule has 0 saturated carbocycles. The molecule has 3 aliphatic rings. The van der Waals surface area contributed by atoms with Gasteiger partial charge >= 0.3 is 0 Å². The molecule has 2 fully saturated rings. The molecule has 23 heavy (non-hydrogen) atoms. The molecule has 2 unspecified atom stereocenters. The topological polar surface area (TPSA) is 44.4 Å². The highest BCUT2D eigenvalue weighted by Gasteiger charge is 2.32. The first-order valence-electron chi connectivity index (χ1n) is 8.17. The Bertz CT molecular complexity index is 567. The van der Waals surface area contributed by atoms with Gasteiger partial charge in [-0.05, 0) is 55.5 Å². The largest absolute Gasteiger partial charge is 0.349 e. The molecule has 3 aliphatic heterocycles. The third kappa shape index (κ3) is 3.82. The van der Waals surface area contributed by atoms with Gasteiger partial charge in [0.25, 0.3) is 5.91 Å². The number of rotatable bonds is 2. The first-order chi connectivity index (χ1) is 10.3. The Morgan fingerprint density at radius 2 is 1.96 bits per heavy atom. The molecule has 0 spiro atoms. The Morgan fingerprint density at radius 1 is 1.13 bits per heavy atom. The van der Waals surface area contributed by atoms with Crippen molar-refractivity contribution in [3.05, 3.63) is 34.9 Å². The van der Waals surface area contributed by atoms with Gasteiger partial charge in [0.2, 0.25) is 0 Å². The van der Waals surface area contributed by atoms with Crippen LogP contribution in [0.1, 0.15) is 47.2 Å². The summed E-state index contributed by atoms with van der Waals surface area (Å²) in [5.74, 6) is 0.0983. The van der Waals surface area contributed by atoms with Crippen molar-refractivity contribution in [2.45, 2.75) is 50.9 Å². The Kier molecular flexibility index (Phi) is 6.32. The second-order valence-electron chi connectivity index (χ2n) is 6.61. The van der Waals surface area contributed by atoms with Crippen LogP contribution in [-0.4, -0.2) is 36.0 Å². The summed E-state index contributed by atoms with van der Waals surface area (Å²) in [4.78, 5) is 15.0. The lowest BCUT2D eigenvalue weighted by Crippen LogP contribution is -2.47. The number of hydrogen-bond donors (Lipinski definition) is 2. The Morgan fingerprint density at radius 3 is 2.83 bits per heavy atom. The number of amides is 1. The molecular formula is C17H25Cl2N3O. The smallest absolute Gasteiger partial charge is 0.251 e. The highest BCUT2D eigenvalue weighted by atomic mass is 35.5. The molecular weight excluding hydrogens is 333 g/mol. The van der Waals surface area contributed by atoms with Crippen molar-refractivity contribution in [1.29, 1.82) is 0 Å². The lowest BCUT2D eigenvalue weighted by Gasteiger charge is -2.35. The molecule has 3 heterocycles. The Balaban J connectivity index is 0.000000960. The molecule has 128 valence electrons. The zero-order valence-corrected chi connectivity index (χ0v) is 14.8. The van der Waals surface area contributed by atoms with Gasteiger partial charge in [0.05, 0.1) is 0 Å². The van der Waals surface area contributed by atoms with Crippen LogP contribution in [0.2, 0.25) is 0 Å². The minimum absolute atomic E-state index is 0. The fraction of sp³-hybridized carbons (Fsp3) is 0.588. The summed E-state index contributed by atoms with van der Waals surface area (Å²) in [7, 11) is 0. The van der Waals surface area contributed by atoms with Crippen LogP contribution in [0.25, 0.3) is 0 Å². The van der Waals surface area contributed by atoms with Crippen LogP contribution < -0.4 is 10.6 Å². The van der Waals surface area contributed by atoms with Gasteiger partial charge in [-0.2, -0.15) is 0 Å².